The average Bonchev–Trinajstić information content (AvgIpc) is 2.79. The van der Waals surface area contributed by atoms with Crippen molar-refractivity contribution in [3.05, 3.63) is 0 Å². The molecule has 0 radical (unpaired) electrons. The molecule has 1 heterocycles. The summed E-state index contributed by atoms with van der Waals surface area (Å²) in [6, 6.07) is 0. The van der Waals surface area contributed by atoms with Crippen LogP contribution in [0.5, 0.6) is 0 Å². The fourth-order valence-electron chi connectivity index (χ4n) is 2.52. The summed E-state index contributed by atoms with van der Waals surface area (Å²) in [7, 11) is 2.12. The van der Waals surface area contributed by atoms with Gasteiger partial charge in [0.2, 0.25) is 0 Å². The Labute approximate surface area is 86.6 Å². The van der Waals surface area contributed by atoms with E-state index in [1.807, 2.05) is 0 Å². The molecular weight excluding hydrogens is 174 g/mol. The molecule has 0 bridgehead atoms. The Morgan fingerprint density at radius 3 is 2.64 bits per heavy atom. The van der Waals surface area contributed by atoms with Crippen molar-refractivity contribution in [2.75, 3.05) is 20.1 Å². The summed E-state index contributed by atoms with van der Waals surface area (Å²) in [5.74, 6) is 1.12. The van der Waals surface area contributed by atoms with E-state index in [1.165, 1.54) is 32.1 Å². The highest BCUT2D eigenvalue weighted by Gasteiger charge is 2.33. The number of guanidine groups is 1. The minimum atomic E-state index is 0.359. The van der Waals surface area contributed by atoms with Gasteiger partial charge in [-0.3, -0.25) is 4.99 Å². The van der Waals surface area contributed by atoms with Gasteiger partial charge in [0.25, 0.3) is 0 Å². The molecule has 3 heteroatoms. The van der Waals surface area contributed by atoms with E-state index in [2.05, 4.69) is 29.2 Å². The fraction of sp³-hybridized carbons (Fsp3) is 0.909. The molecule has 1 fully saturated rings. The van der Waals surface area contributed by atoms with Crippen LogP contribution in [-0.2, 0) is 0 Å². The van der Waals surface area contributed by atoms with Crippen LogP contribution >= 0.6 is 0 Å². The van der Waals surface area contributed by atoms with Crippen molar-refractivity contribution >= 4 is 5.96 Å². The van der Waals surface area contributed by atoms with E-state index in [9.17, 15) is 0 Å². The molecule has 0 amide bonds. The minimum Gasteiger partial charge on any atom is -0.351 e. The van der Waals surface area contributed by atoms with Crippen molar-refractivity contribution in [3.8, 4) is 0 Å². The number of nitrogens with zero attached hydrogens (tertiary/aromatic N) is 2. The molecule has 0 aromatic carbocycles. The number of aliphatic imine (C=N–C) groups is 1. The Bertz CT molecular complexity index is 229. The standard InChI is InChI=1S/C11H21N3/c1-3-11(6-4-5-7-11)13-10-12-8-9-14(10)2/h3-9H2,1-2H3,(H,12,13). The summed E-state index contributed by atoms with van der Waals surface area (Å²) in [6.45, 7) is 4.31. The van der Waals surface area contributed by atoms with Crippen LogP contribution in [0.2, 0.25) is 0 Å². The fourth-order valence-corrected chi connectivity index (χ4v) is 2.52. The highest BCUT2D eigenvalue weighted by molar-refractivity contribution is 5.82. The Kier molecular flexibility index (Phi) is 2.66. The van der Waals surface area contributed by atoms with Crippen molar-refractivity contribution in [1.29, 1.82) is 0 Å². The van der Waals surface area contributed by atoms with E-state index in [0.29, 0.717) is 5.54 Å². The predicted molar refractivity (Wildman–Crippen MR) is 59.6 cm³/mol. The summed E-state index contributed by atoms with van der Waals surface area (Å²) in [5.41, 5.74) is 0.359. The van der Waals surface area contributed by atoms with Gasteiger partial charge in [0.05, 0.1) is 6.54 Å². The summed E-state index contributed by atoms with van der Waals surface area (Å²) in [6.07, 6.45) is 6.60. The van der Waals surface area contributed by atoms with E-state index in [4.69, 9.17) is 0 Å². The Morgan fingerprint density at radius 1 is 1.43 bits per heavy atom. The second-order valence-corrected chi connectivity index (χ2v) is 4.59. The zero-order chi connectivity index (χ0) is 10.0. The van der Waals surface area contributed by atoms with E-state index in [0.717, 1.165) is 19.0 Å². The largest absolute Gasteiger partial charge is 0.351 e. The molecule has 2 aliphatic rings. The van der Waals surface area contributed by atoms with Gasteiger partial charge in [-0.2, -0.15) is 0 Å². The minimum absolute atomic E-state index is 0.359. The van der Waals surface area contributed by atoms with E-state index < -0.39 is 0 Å². The van der Waals surface area contributed by atoms with Crippen LogP contribution in [0.1, 0.15) is 39.0 Å². The molecule has 0 unspecified atom stereocenters. The molecule has 2 rings (SSSR count). The lowest BCUT2D eigenvalue weighted by molar-refractivity contribution is 0.358. The van der Waals surface area contributed by atoms with E-state index in [1.54, 1.807) is 0 Å². The van der Waals surface area contributed by atoms with Crippen LogP contribution in [0.4, 0.5) is 0 Å². The number of hydrogen-bond acceptors (Lipinski definition) is 3. The quantitative estimate of drug-likeness (QED) is 0.724. The maximum absolute atomic E-state index is 4.50. The molecule has 0 atom stereocenters. The van der Waals surface area contributed by atoms with Crippen molar-refractivity contribution in [3.63, 3.8) is 0 Å². The molecule has 1 N–H and O–H groups in total. The lowest BCUT2D eigenvalue weighted by atomic mass is 9.94. The number of rotatable bonds is 2. The van der Waals surface area contributed by atoms with Gasteiger partial charge in [-0.05, 0) is 19.3 Å². The first-order valence-electron chi connectivity index (χ1n) is 5.79. The van der Waals surface area contributed by atoms with Gasteiger partial charge in [-0.1, -0.05) is 19.8 Å². The van der Waals surface area contributed by atoms with Crippen LogP contribution in [-0.4, -0.2) is 36.5 Å². The highest BCUT2D eigenvalue weighted by atomic mass is 15.3. The summed E-state index contributed by atoms with van der Waals surface area (Å²) < 4.78 is 0. The molecule has 1 aliphatic heterocycles. The van der Waals surface area contributed by atoms with Crippen LogP contribution in [0, 0.1) is 0 Å². The number of nitrogens with one attached hydrogen (secondary N) is 1. The van der Waals surface area contributed by atoms with Gasteiger partial charge >= 0.3 is 0 Å². The summed E-state index contributed by atoms with van der Waals surface area (Å²) in [5, 5.41) is 3.67. The third-order valence-corrected chi connectivity index (χ3v) is 3.67. The SMILES string of the molecule is CCC1(NC2=NCCN2C)CCCC1. The van der Waals surface area contributed by atoms with Gasteiger partial charge in [0, 0.05) is 19.1 Å². The second-order valence-electron chi connectivity index (χ2n) is 4.59. The first kappa shape index (κ1) is 9.81. The summed E-state index contributed by atoms with van der Waals surface area (Å²) in [4.78, 5) is 6.74. The normalized spacial score (nSPS) is 25.3. The smallest absolute Gasteiger partial charge is 0.194 e. The van der Waals surface area contributed by atoms with Crippen molar-refractivity contribution in [2.24, 2.45) is 4.99 Å². The third kappa shape index (κ3) is 1.72. The molecule has 0 saturated heterocycles. The van der Waals surface area contributed by atoms with Gasteiger partial charge in [0.1, 0.15) is 0 Å². The highest BCUT2D eigenvalue weighted by Crippen LogP contribution is 2.32. The van der Waals surface area contributed by atoms with Crippen LogP contribution in [0.25, 0.3) is 0 Å². The molecule has 3 nitrogen and oxygen atoms in total. The Morgan fingerprint density at radius 2 is 2.14 bits per heavy atom. The molecule has 0 aromatic heterocycles. The summed E-state index contributed by atoms with van der Waals surface area (Å²) >= 11 is 0. The maximum atomic E-state index is 4.50. The molecule has 0 aromatic rings. The monoisotopic (exact) mass is 195 g/mol. The molecule has 80 valence electrons. The zero-order valence-electron chi connectivity index (χ0n) is 9.34. The predicted octanol–water partition coefficient (Wildman–Crippen LogP) is 1.60. The topological polar surface area (TPSA) is 27.6 Å². The van der Waals surface area contributed by atoms with Crippen molar-refractivity contribution < 1.29 is 0 Å². The Hall–Kier alpha value is -0.730. The zero-order valence-corrected chi connectivity index (χ0v) is 9.34. The van der Waals surface area contributed by atoms with Crippen LogP contribution in [0.15, 0.2) is 4.99 Å². The van der Waals surface area contributed by atoms with Crippen molar-refractivity contribution in [1.82, 2.24) is 10.2 Å². The van der Waals surface area contributed by atoms with Crippen molar-refractivity contribution in [2.45, 2.75) is 44.6 Å². The number of likely N-dealkylation sites (N-methyl/N-ethyl adjacent to an activating group) is 1. The van der Waals surface area contributed by atoms with Crippen LogP contribution < -0.4 is 5.32 Å². The van der Waals surface area contributed by atoms with Gasteiger partial charge < -0.3 is 10.2 Å². The van der Waals surface area contributed by atoms with Gasteiger partial charge in [0.15, 0.2) is 5.96 Å². The molecule has 1 saturated carbocycles. The van der Waals surface area contributed by atoms with E-state index >= 15 is 0 Å². The first-order chi connectivity index (χ1) is 6.76. The lowest BCUT2D eigenvalue weighted by Gasteiger charge is -2.32. The molecule has 1 aliphatic carbocycles. The van der Waals surface area contributed by atoms with Gasteiger partial charge in [-0.25, -0.2) is 0 Å². The lowest BCUT2D eigenvalue weighted by Crippen LogP contribution is -2.50. The Balaban J connectivity index is 2.00. The maximum Gasteiger partial charge on any atom is 0.194 e. The van der Waals surface area contributed by atoms with Crippen LogP contribution in [0.3, 0.4) is 0 Å². The average molecular weight is 195 g/mol. The third-order valence-electron chi connectivity index (χ3n) is 3.67. The second kappa shape index (κ2) is 3.79. The number of hydrogen-bond donors (Lipinski definition) is 1. The molecular formula is C11H21N3. The molecule has 14 heavy (non-hydrogen) atoms. The van der Waals surface area contributed by atoms with Gasteiger partial charge in [-0.15, -0.1) is 0 Å². The first-order valence-corrected chi connectivity index (χ1v) is 5.79. The molecule has 0 spiro atoms. The van der Waals surface area contributed by atoms with E-state index in [-0.39, 0.29) is 0 Å².